The smallest absolute Gasteiger partial charge is 0.122 e. The van der Waals surface area contributed by atoms with Crippen LogP contribution in [0.15, 0.2) is 12.1 Å². The molecule has 0 amide bonds. The molecular weight excluding hydrogens is 386 g/mol. The van der Waals surface area contributed by atoms with Crippen molar-refractivity contribution in [2.24, 2.45) is 17.8 Å². The number of methoxy groups -OCH3 is 2. The summed E-state index contributed by atoms with van der Waals surface area (Å²) in [5.41, 5.74) is 2.30. The second-order valence-corrected chi connectivity index (χ2v) is 10.2. The first kappa shape index (κ1) is 22.9. The summed E-state index contributed by atoms with van der Waals surface area (Å²) in [6, 6.07) is 4.04. The molecule has 4 rings (SSSR count). The zero-order valence-corrected chi connectivity index (χ0v) is 19.7. The van der Waals surface area contributed by atoms with E-state index in [1.807, 2.05) is 12.1 Å². The van der Waals surface area contributed by atoms with E-state index in [0.29, 0.717) is 6.42 Å². The quantitative estimate of drug-likeness (QED) is 0.590. The maximum atomic E-state index is 10.9. The van der Waals surface area contributed by atoms with Crippen LogP contribution >= 0.6 is 0 Å². The summed E-state index contributed by atoms with van der Waals surface area (Å²) in [7, 11) is 3.43. The number of hydrogen-bond acceptors (Lipinski definition) is 4. The highest BCUT2D eigenvalue weighted by molar-refractivity contribution is 5.51. The molecule has 1 aromatic rings. The molecule has 4 heteroatoms. The van der Waals surface area contributed by atoms with Gasteiger partial charge in [0.1, 0.15) is 11.5 Å². The Morgan fingerprint density at radius 2 is 1.35 bits per heavy atom. The number of benzene rings is 1. The first-order valence-electron chi connectivity index (χ1n) is 12.9. The van der Waals surface area contributed by atoms with Crippen molar-refractivity contribution in [1.29, 1.82) is 0 Å². The third kappa shape index (κ3) is 5.39. The molecule has 0 aromatic heterocycles. The predicted octanol–water partition coefficient (Wildman–Crippen LogP) is 5.29. The van der Waals surface area contributed by atoms with Crippen LogP contribution in [0.1, 0.15) is 81.8 Å². The van der Waals surface area contributed by atoms with Crippen LogP contribution in [0, 0.1) is 17.8 Å². The Hall–Kier alpha value is -1.26. The molecular formula is C27H43NO3. The number of nitrogens with one attached hydrogen (secondary N) is 1. The van der Waals surface area contributed by atoms with E-state index >= 15 is 0 Å². The summed E-state index contributed by atoms with van der Waals surface area (Å²) in [6.45, 7) is 1.01. The third-order valence-corrected chi connectivity index (χ3v) is 8.48. The Morgan fingerprint density at radius 3 is 1.87 bits per heavy atom. The summed E-state index contributed by atoms with van der Waals surface area (Å²) >= 11 is 0. The van der Waals surface area contributed by atoms with Gasteiger partial charge in [0.05, 0.1) is 20.3 Å². The lowest BCUT2D eigenvalue weighted by atomic mass is 9.68. The van der Waals surface area contributed by atoms with E-state index in [9.17, 15) is 5.11 Å². The van der Waals surface area contributed by atoms with E-state index in [4.69, 9.17) is 9.47 Å². The number of aliphatic hydroxyl groups excluding tert-OH is 1. The van der Waals surface area contributed by atoms with Gasteiger partial charge in [0.25, 0.3) is 0 Å². The van der Waals surface area contributed by atoms with Crippen molar-refractivity contribution in [2.45, 2.75) is 95.6 Å². The lowest BCUT2D eigenvalue weighted by Crippen LogP contribution is -2.46. The Balaban J connectivity index is 1.39. The zero-order valence-electron chi connectivity index (χ0n) is 19.7. The number of ether oxygens (including phenoxy) is 2. The maximum absolute atomic E-state index is 10.9. The van der Waals surface area contributed by atoms with Crippen molar-refractivity contribution < 1.29 is 14.6 Å². The van der Waals surface area contributed by atoms with Crippen LogP contribution in [0.3, 0.4) is 0 Å². The second kappa shape index (κ2) is 11.0. The molecule has 3 aliphatic carbocycles. The van der Waals surface area contributed by atoms with E-state index in [1.165, 1.54) is 76.2 Å². The average Bonchev–Trinajstić information content (AvgIpc) is 2.82. The van der Waals surface area contributed by atoms with Gasteiger partial charge in [0.2, 0.25) is 0 Å². The highest BCUT2D eigenvalue weighted by Crippen LogP contribution is 2.42. The Bertz CT molecular complexity index is 676. The summed E-state index contributed by atoms with van der Waals surface area (Å²) in [6.07, 6.45) is 16.7. The Labute approximate surface area is 189 Å². The van der Waals surface area contributed by atoms with Crippen molar-refractivity contribution in [1.82, 2.24) is 5.32 Å². The minimum absolute atomic E-state index is 0.0897. The van der Waals surface area contributed by atoms with E-state index < -0.39 is 0 Å². The normalized spacial score (nSPS) is 25.4. The van der Waals surface area contributed by atoms with Crippen molar-refractivity contribution >= 4 is 0 Å². The van der Waals surface area contributed by atoms with E-state index in [-0.39, 0.29) is 12.1 Å². The SMILES string of the molecule is COc1ccc(OC)c2c1C[C@H](NCCC(C1CCCCC1)C1CCCCC1)[C@@H](O)C2. The molecule has 2 N–H and O–H groups in total. The van der Waals surface area contributed by atoms with Gasteiger partial charge < -0.3 is 19.9 Å². The first-order chi connectivity index (χ1) is 15.2. The standard InChI is InChI=1S/C27H43NO3/c1-30-26-13-14-27(31-2)23-18-25(29)24(17-22(23)26)28-16-15-21(19-9-5-3-6-10-19)20-11-7-4-8-12-20/h13-14,19-21,24-25,28-29H,3-12,15-18H2,1-2H3/t24-,25-/m0/s1. The number of hydrogen-bond donors (Lipinski definition) is 2. The van der Waals surface area contributed by atoms with Crippen molar-refractivity contribution in [3.8, 4) is 11.5 Å². The molecule has 0 bridgehead atoms. The van der Waals surface area contributed by atoms with Gasteiger partial charge in [0.15, 0.2) is 0 Å². The van der Waals surface area contributed by atoms with Crippen molar-refractivity contribution in [3.05, 3.63) is 23.3 Å². The van der Waals surface area contributed by atoms with Gasteiger partial charge in [-0.05, 0) is 49.3 Å². The van der Waals surface area contributed by atoms with Crippen LogP contribution in [-0.4, -0.2) is 38.0 Å². The molecule has 2 saturated carbocycles. The van der Waals surface area contributed by atoms with Crippen LogP contribution in [0.5, 0.6) is 11.5 Å². The van der Waals surface area contributed by atoms with Crippen LogP contribution < -0.4 is 14.8 Å². The summed E-state index contributed by atoms with van der Waals surface area (Å²) in [5.74, 6) is 4.51. The Morgan fingerprint density at radius 1 is 0.839 bits per heavy atom. The highest BCUT2D eigenvalue weighted by atomic mass is 16.5. The molecule has 31 heavy (non-hydrogen) atoms. The molecule has 0 aliphatic heterocycles. The molecule has 0 saturated heterocycles. The number of rotatable bonds is 8. The lowest BCUT2D eigenvalue weighted by Gasteiger charge is -2.39. The molecule has 174 valence electrons. The predicted molar refractivity (Wildman–Crippen MR) is 126 cm³/mol. The minimum Gasteiger partial charge on any atom is -0.496 e. The van der Waals surface area contributed by atoms with Gasteiger partial charge in [-0.2, -0.15) is 0 Å². The van der Waals surface area contributed by atoms with E-state index in [2.05, 4.69) is 5.32 Å². The van der Waals surface area contributed by atoms with Crippen molar-refractivity contribution in [3.63, 3.8) is 0 Å². The zero-order chi connectivity index (χ0) is 21.6. The Kier molecular flexibility index (Phi) is 8.17. The fourth-order valence-corrected chi connectivity index (χ4v) is 6.81. The molecule has 0 unspecified atom stereocenters. The topological polar surface area (TPSA) is 50.7 Å². The van der Waals surface area contributed by atoms with Gasteiger partial charge in [-0.3, -0.25) is 0 Å². The molecule has 0 heterocycles. The molecule has 2 atom stereocenters. The number of fused-ring (bicyclic) bond motifs is 1. The van der Waals surface area contributed by atoms with Gasteiger partial charge in [0, 0.05) is 23.6 Å². The fraction of sp³-hybridized carbons (Fsp3) is 0.778. The minimum atomic E-state index is -0.378. The molecule has 3 aliphatic rings. The van der Waals surface area contributed by atoms with E-state index in [0.717, 1.165) is 47.8 Å². The van der Waals surface area contributed by atoms with Gasteiger partial charge in [-0.25, -0.2) is 0 Å². The average molecular weight is 430 g/mol. The summed E-state index contributed by atoms with van der Waals surface area (Å²) < 4.78 is 11.2. The monoisotopic (exact) mass is 429 g/mol. The van der Waals surface area contributed by atoms with E-state index in [1.54, 1.807) is 14.2 Å². The fourth-order valence-electron chi connectivity index (χ4n) is 6.81. The van der Waals surface area contributed by atoms with Gasteiger partial charge in [-0.15, -0.1) is 0 Å². The second-order valence-electron chi connectivity index (χ2n) is 10.2. The third-order valence-electron chi connectivity index (χ3n) is 8.48. The molecule has 0 spiro atoms. The van der Waals surface area contributed by atoms with Crippen LogP contribution in [0.2, 0.25) is 0 Å². The van der Waals surface area contributed by atoms with Crippen LogP contribution in [0.25, 0.3) is 0 Å². The van der Waals surface area contributed by atoms with Gasteiger partial charge >= 0.3 is 0 Å². The largest absolute Gasteiger partial charge is 0.496 e. The van der Waals surface area contributed by atoms with Gasteiger partial charge in [-0.1, -0.05) is 64.2 Å². The van der Waals surface area contributed by atoms with Crippen molar-refractivity contribution in [2.75, 3.05) is 20.8 Å². The maximum Gasteiger partial charge on any atom is 0.122 e. The first-order valence-corrected chi connectivity index (χ1v) is 12.9. The van der Waals surface area contributed by atoms with Crippen LogP contribution in [-0.2, 0) is 12.8 Å². The molecule has 1 aromatic carbocycles. The number of aliphatic hydroxyl groups is 1. The van der Waals surface area contributed by atoms with Crippen LogP contribution in [0.4, 0.5) is 0 Å². The molecule has 0 radical (unpaired) electrons. The molecule has 4 nitrogen and oxygen atoms in total. The lowest BCUT2D eigenvalue weighted by molar-refractivity contribution is 0.107. The summed E-state index contributed by atoms with van der Waals surface area (Å²) in [4.78, 5) is 0. The molecule has 2 fully saturated rings. The highest BCUT2D eigenvalue weighted by Gasteiger charge is 2.33. The summed E-state index contributed by atoms with van der Waals surface area (Å²) in [5, 5.41) is 14.7.